The van der Waals surface area contributed by atoms with Gasteiger partial charge in [0.05, 0.1) is 0 Å². The Bertz CT molecular complexity index is 258. The van der Waals surface area contributed by atoms with E-state index < -0.39 is 0 Å². The average molecular weight is 154 g/mol. The zero-order chi connectivity index (χ0) is 8.27. The molecule has 0 aliphatic heterocycles. The minimum Gasteiger partial charge on any atom is -0.370 e. The summed E-state index contributed by atoms with van der Waals surface area (Å²) >= 11 is 0. The molecule has 0 unspecified atom stereocenters. The second kappa shape index (κ2) is 3.00. The van der Waals surface area contributed by atoms with Gasteiger partial charge < -0.3 is 11.5 Å². The number of guanidine groups is 1. The third-order valence-corrected chi connectivity index (χ3v) is 1.05. The molecule has 11 heavy (non-hydrogen) atoms. The predicted molar refractivity (Wildman–Crippen MR) is 40.6 cm³/mol. The van der Waals surface area contributed by atoms with Crippen LogP contribution in [0, 0.1) is 6.92 Å². The number of nitrogens with two attached hydrogens (primary N) is 2. The van der Waals surface area contributed by atoms with Gasteiger partial charge in [-0.2, -0.15) is 5.10 Å². The van der Waals surface area contributed by atoms with E-state index in [4.69, 9.17) is 11.5 Å². The van der Waals surface area contributed by atoms with E-state index in [0.717, 1.165) is 5.82 Å². The molecule has 1 aromatic heterocycles. The quantitative estimate of drug-likeness (QED) is 0.370. The summed E-state index contributed by atoms with van der Waals surface area (Å²) in [5.41, 5.74) is 10.2. The van der Waals surface area contributed by atoms with Crippen LogP contribution in [0.15, 0.2) is 4.99 Å². The number of hydrogen-bond donors (Lipinski definition) is 3. The SMILES string of the molecule is Cc1nc(CN=C(N)N)n[nH]1. The van der Waals surface area contributed by atoms with Crippen molar-refractivity contribution in [3.63, 3.8) is 0 Å². The van der Waals surface area contributed by atoms with Gasteiger partial charge in [-0.3, -0.25) is 5.10 Å². The molecule has 6 nitrogen and oxygen atoms in total. The summed E-state index contributed by atoms with van der Waals surface area (Å²) in [6.07, 6.45) is 0. The van der Waals surface area contributed by atoms with Crippen LogP contribution in [0.3, 0.4) is 0 Å². The van der Waals surface area contributed by atoms with Crippen molar-refractivity contribution in [2.24, 2.45) is 16.5 Å². The van der Waals surface area contributed by atoms with Crippen molar-refractivity contribution in [2.45, 2.75) is 13.5 Å². The lowest BCUT2D eigenvalue weighted by molar-refractivity contribution is 0.913. The molecule has 6 heteroatoms. The van der Waals surface area contributed by atoms with Gasteiger partial charge in [0.15, 0.2) is 11.8 Å². The third kappa shape index (κ3) is 2.24. The third-order valence-electron chi connectivity index (χ3n) is 1.05. The van der Waals surface area contributed by atoms with E-state index in [-0.39, 0.29) is 5.96 Å². The number of nitrogens with one attached hydrogen (secondary N) is 1. The number of H-pyrrole nitrogens is 1. The zero-order valence-corrected chi connectivity index (χ0v) is 6.20. The second-order valence-electron chi connectivity index (χ2n) is 2.08. The molecule has 0 saturated heterocycles. The van der Waals surface area contributed by atoms with Gasteiger partial charge in [-0.15, -0.1) is 0 Å². The maximum absolute atomic E-state index is 5.11. The highest BCUT2D eigenvalue weighted by molar-refractivity contribution is 5.75. The van der Waals surface area contributed by atoms with Crippen LogP contribution in [0.2, 0.25) is 0 Å². The van der Waals surface area contributed by atoms with Gasteiger partial charge in [0, 0.05) is 0 Å². The fourth-order valence-electron chi connectivity index (χ4n) is 0.622. The fraction of sp³-hybridized carbons (Fsp3) is 0.400. The van der Waals surface area contributed by atoms with Crippen LogP contribution in [0.5, 0.6) is 0 Å². The smallest absolute Gasteiger partial charge is 0.186 e. The number of aromatic nitrogens is 3. The van der Waals surface area contributed by atoms with Gasteiger partial charge >= 0.3 is 0 Å². The van der Waals surface area contributed by atoms with Crippen LogP contribution in [-0.4, -0.2) is 21.1 Å². The molecule has 0 bridgehead atoms. The number of aromatic amines is 1. The van der Waals surface area contributed by atoms with Crippen molar-refractivity contribution in [2.75, 3.05) is 0 Å². The standard InChI is InChI=1S/C5H10N6/c1-3-9-4(11-10-3)2-8-5(6)7/h2H2,1H3,(H4,6,7,8)(H,9,10,11). The lowest BCUT2D eigenvalue weighted by Crippen LogP contribution is -2.22. The van der Waals surface area contributed by atoms with E-state index in [1.54, 1.807) is 0 Å². The lowest BCUT2D eigenvalue weighted by Gasteiger charge is -1.87. The van der Waals surface area contributed by atoms with Crippen LogP contribution in [0.4, 0.5) is 0 Å². The zero-order valence-electron chi connectivity index (χ0n) is 6.20. The Balaban J connectivity index is 2.58. The summed E-state index contributed by atoms with van der Waals surface area (Å²) in [7, 11) is 0. The topological polar surface area (TPSA) is 106 Å². The van der Waals surface area contributed by atoms with E-state index in [1.807, 2.05) is 6.92 Å². The number of aliphatic imine (C=N–C) groups is 1. The van der Waals surface area contributed by atoms with Gasteiger partial charge in [-0.25, -0.2) is 9.98 Å². The molecule has 1 rings (SSSR count). The normalized spacial score (nSPS) is 9.55. The van der Waals surface area contributed by atoms with E-state index >= 15 is 0 Å². The van der Waals surface area contributed by atoms with Crippen LogP contribution < -0.4 is 11.5 Å². The Morgan fingerprint density at radius 1 is 1.64 bits per heavy atom. The molecule has 0 aliphatic carbocycles. The highest BCUT2D eigenvalue weighted by Gasteiger charge is 1.96. The van der Waals surface area contributed by atoms with E-state index in [2.05, 4.69) is 20.2 Å². The van der Waals surface area contributed by atoms with Crippen molar-refractivity contribution in [1.29, 1.82) is 0 Å². The maximum Gasteiger partial charge on any atom is 0.186 e. The minimum absolute atomic E-state index is 0.0486. The predicted octanol–water partition coefficient (Wildman–Crippen LogP) is -1.11. The molecule has 0 atom stereocenters. The van der Waals surface area contributed by atoms with Gasteiger partial charge in [0.25, 0.3) is 0 Å². The van der Waals surface area contributed by atoms with Gasteiger partial charge in [0.1, 0.15) is 12.4 Å². The Kier molecular flexibility index (Phi) is 2.05. The van der Waals surface area contributed by atoms with Crippen LogP contribution in [0.25, 0.3) is 0 Å². The van der Waals surface area contributed by atoms with Crippen LogP contribution >= 0.6 is 0 Å². The Hall–Kier alpha value is -1.59. The average Bonchev–Trinajstić information content (AvgIpc) is 2.31. The van der Waals surface area contributed by atoms with Gasteiger partial charge in [0.2, 0.25) is 0 Å². The van der Waals surface area contributed by atoms with Crippen molar-refractivity contribution in [3.8, 4) is 0 Å². The molecule has 60 valence electrons. The molecular formula is C5H10N6. The van der Waals surface area contributed by atoms with Crippen molar-refractivity contribution in [1.82, 2.24) is 15.2 Å². The Morgan fingerprint density at radius 3 is 2.82 bits per heavy atom. The number of rotatable bonds is 2. The number of hydrogen-bond acceptors (Lipinski definition) is 3. The first-order valence-corrected chi connectivity index (χ1v) is 3.12. The molecular weight excluding hydrogens is 144 g/mol. The second-order valence-corrected chi connectivity index (χ2v) is 2.08. The number of aryl methyl sites for hydroxylation is 1. The molecule has 0 spiro atoms. The molecule has 0 saturated carbocycles. The Morgan fingerprint density at radius 2 is 2.36 bits per heavy atom. The summed E-state index contributed by atoms with van der Waals surface area (Å²) in [6.45, 7) is 2.14. The molecule has 0 radical (unpaired) electrons. The first kappa shape index (κ1) is 7.52. The van der Waals surface area contributed by atoms with Crippen molar-refractivity contribution >= 4 is 5.96 Å². The van der Waals surface area contributed by atoms with Crippen LogP contribution in [0.1, 0.15) is 11.6 Å². The molecule has 0 fully saturated rings. The maximum atomic E-state index is 5.11. The van der Waals surface area contributed by atoms with Gasteiger partial charge in [-0.05, 0) is 6.92 Å². The minimum atomic E-state index is 0.0486. The first-order valence-electron chi connectivity index (χ1n) is 3.12. The largest absolute Gasteiger partial charge is 0.370 e. The highest BCUT2D eigenvalue weighted by Crippen LogP contribution is 1.91. The summed E-state index contributed by atoms with van der Waals surface area (Å²) in [5, 5.41) is 6.51. The number of nitrogens with zero attached hydrogens (tertiary/aromatic N) is 3. The molecule has 5 N–H and O–H groups in total. The summed E-state index contributed by atoms with van der Waals surface area (Å²) < 4.78 is 0. The van der Waals surface area contributed by atoms with Gasteiger partial charge in [-0.1, -0.05) is 0 Å². The summed E-state index contributed by atoms with van der Waals surface area (Å²) in [4.78, 5) is 7.73. The molecule has 0 aliphatic rings. The fourth-order valence-corrected chi connectivity index (χ4v) is 0.622. The molecule has 0 aromatic carbocycles. The van der Waals surface area contributed by atoms with Crippen molar-refractivity contribution in [3.05, 3.63) is 11.6 Å². The van der Waals surface area contributed by atoms with E-state index in [0.29, 0.717) is 12.4 Å². The molecule has 1 heterocycles. The van der Waals surface area contributed by atoms with E-state index in [1.165, 1.54) is 0 Å². The Labute approximate surface area is 63.7 Å². The van der Waals surface area contributed by atoms with Crippen molar-refractivity contribution < 1.29 is 0 Å². The highest BCUT2D eigenvalue weighted by atomic mass is 15.2. The van der Waals surface area contributed by atoms with E-state index in [9.17, 15) is 0 Å². The first-order chi connectivity index (χ1) is 5.18. The molecule has 1 aromatic rings. The monoisotopic (exact) mass is 154 g/mol. The lowest BCUT2D eigenvalue weighted by atomic mass is 10.6. The molecule has 0 amide bonds. The van der Waals surface area contributed by atoms with Crippen LogP contribution in [-0.2, 0) is 6.54 Å². The summed E-state index contributed by atoms with van der Waals surface area (Å²) in [6, 6.07) is 0. The summed E-state index contributed by atoms with van der Waals surface area (Å²) in [5.74, 6) is 1.40.